The van der Waals surface area contributed by atoms with E-state index < -0.39 is 86.8 Å². The molecular weight excluding hydrogens is 1180 g/mol. The third-order valence-electron chi connectivity index (χ3n) is 18.6. The first-order valence-electron chi connectivity index (χ1n) is 38.8. The molecule has 0 aromatic heterocycles. The van der Waals surface area contributed by atoms with Crippen LogP contribution in [0.5, 0.6) is 0 Å². The maximum atomic E-state index is 13.4. The van der Waals surface area contributed by atoms with Crippen LogP contribution in [0.1, 0.15) is 322 Å². The molecule has 14 nitrogen and oxygen atoms in total. The van der Waals surface area contributed by atoms with Crippen molar-refractivity contribution in [1.29, 1.82) is 0 Å². The highest BCUT2D eigenvalue weighted by Gasteiger charge is 2.51. The number of unbranched alkanes of at least 4 members (excludes halogenated alkanes) is 39. The maximum Gasteiger partial charge on any atom is 0.220 e. The van der Waals surface area contributed by atoms with Gasteiger partial charge in [0.05, 0.1) is 32.0 Å². The minimum Gasteiger partial charge on any atom is -0.394 e. The van der Waals surface area contributed by atoms with Gasteiger partial charge in [-0.15, -0.1) is 0 Å². The molecule has 2 heterocycles. The van der Waals surface area contributed by atoms with Crippen molar-refractivity contribution < 1.29 is 64.6 Å². The summed E-state index contributed by atoms with van der Waals surface area (Å²) in [6.45, 7) is 2.72. The Morgan fingerprint density at radius 1 is 0.394 bits per heavy atom. The first kappa shape index (κ1) is 87.3. The van der Waals surface area contributed by atoms with Gasteiger partial charge in [0.1, 0.15) is 48.8 Å². The quantitative estimate of drug-likeness (QED) is 0.0204. The van der Waals surface area contributed by atoms with Crippen LogP contribution in [0.25, 0.3) is 0 Å². The fourth-order valence-corrected chi connectivity index (χ4v) is 12.5. The molecule has 2 rings (SSSR count). The predicted octanol–water partition coefficient (Wildman–Crippen LogP) is 17.1. The first-order chi connectivity index (χ1) is 46.1. The fraction of sp³-hybridized carbons (Fsp3) is 0.812. The molecule has 0 spiro atoms. The lowest BCUT2D eigenvalue weighted by Crippen LogP contribution is -2.65. The molecule has 0 bridgehead atoms. The molecule has 14 heteroatoms. The van der Waals surface area contributed by atoms with Gasteiger partial charge < -0.3 is 65.1 Å². The van der Waals surface area contributed by atoms with Gasteiger partial charge in [-0.2, -0.15) is 0 Å². The molecule has 2 fully saturated rings. The standard InChI is InChI=1S/C80H143NO13/c1-3-5-7-9-11-13-15-17-19-21-23-25-27-29-31-33-34-36-37-39-41-43-45-47-49-51-53-55-57-59-61-63-69(84)68(67-91-79-77(90)75(88)78(71(66-83)93-79)94-80-76(89)74(87)73(86)70(65-82)92-80)81-72(85)64-62-60-58-56-54-52-50-48-46-44-42-40-38-35-32-30-28-26-24-22-20-18-16-14-12-10-8-6-4-2/h6,8,12,14,18,20,24,26,30,32,38,40,61,63,68-71,73-80,82-84,86-90H,3-5,7,9-11,13,15-17,19,21-23,25,27-29,31,33-37,39,41-60,62,64-67H2,1-2H3,(H,81,85)/b8-6-,14-12-,20-18-,26-24-,32-30-,40-38-,63-61+. The van der Waals surface area contributed by atoms with Gasteiger partial charge in [-0.25, -0.2) is 0 Å². The van der Waals surface area contributed by atoms with E-state index in [0.717, 1.165) is 83.5 Å². The lowest BCUT2D eigenvalue weighted by molar-refractivity contribution is -0.359. The van der Waals surface area contributed by atoms with E-state index in [2.05, 4.69) is 92.1 Å². The molecular formula is C80H143NO13. The highest BCUT2D eigenvalue weighted by atomic mass is 16.7. The average Bonchev–Trinajstić information content (AvgIpc) is 0.794. The second kappa shape index (κ2) is 63.6. The Hall–Kier alpha value is -2.83. The summed E-state index contributed by atoms with van der Waals surface area (Å²) in [5, 5.41) is 87.7. The second-order valence-corrected chi connectivity index (χ2v) is 27.1. The zero-order valence-electron chi connectivity index (χ0n) is 59.7. The van der Waals surface area contributed by atoms with E-state index >= 15 is 0 Å². The van der Waals surface area contributed by atoms with Crippen LogP contribution in [-0.4, -0.2) is 140 Å². The molecule has 0 aliphatic carbocycles. The Morgan fingerprint density at radius 3 is 1.13 bits per heavy atom. The number of aliphatic hydroxyl groups excluding tert-OH is 8. The Labute approximate surface area is 573 Å². The molecule has 2 aliphatic rings. The normalized spacial score (nSPS) is 22.9. The van der Waals surface area contributed by atoms with E-state index in [9.17, 15) is 45.6 Å². The van der Waals surface area contributed by atoms with Crippen molar-refractivity contribution in [2.45, 2.75) is 396 Å². The van der Waals surface area contributed by atoms with Gasteiger partial charge in [-0.1, -0.05) is 330 Å². The first-order valence-corrected chi connectivity index (χ1v) is 38.8. The molecule has 0 saturated carbocycles. The molecule has 0 aromatic rings. The number of nitrogens with one attached hydrogen (secondary N) is 1. The summed E-state index contributed by atoms with van der Waals surface area (Å²) in [4.78, 5) is 13.4. The average molecular weight is 1330 g/mol. The summed E-state index contributed by atoms with van der Waals surface area (Å²) >= 11 is 0. The van der Waals surface area contributed by atoms with Crippen LogP contribution >= 0.6 is 0 Å². The summed E-state index contributed by atoms with van der Waals surface area (Å²) in [7, 11) is 0. The van der Waals surface area contributed by atoms with E-state index in [1.165, 1.54) is 212 Å². The van der Waals surface area contributed by atoms with Crippen molar-refractivity contribution in [3.05, 3.63) is 85.1 Å². The summed E-state index contributed by atoms with van der Waals surface area (Å²) in [5.74, 6) is -0.243. The topological polar surface area (TPSA) is 228 Å². The molecule has 2 saturated heterocycles. The highest BCUT2D eigenvalue weighted by Crippen LogP contribution is 2.30. The Balaban J connectivity index is 1.65. The largest absolute Gasteiger partial charge is 0.394 e. The Bertz CT molecular complexity index is 1900. The summed E-state index contributed by atoms with van der Waals surface area (Å²) in [5.41, 5.74) is 0. The third-order valence-corrected chi connectivity index (χ3v) is 18.6. The van der Waals surface area contributed by atoms with Gasteiger partial charge in [0.25, 0.3) is 0 Å². The molecule has 12 atom stereocenters. The fourth-order valence-electron chi connectivity index (χ4n) is 12.5. The highest BCUT2D eigenvalue weighted by molar-refractivity contribution is 5.76. The van der Waals surface area contributed by atoms with Crippen LogP contribution in [0.3, 0.4) is 0 Å². The van der Waals surface area contributed by atoms with Crippen molar-refractivity contribution in [1.82, 2.24) is 5.32 Å². The van der Waals surface area contributed by atoms with Gasteiger partial charge in [0, 0.05) is 6.42 Å². The molecule has 546 valence electrons. The second-order valence-electron chi connectivity index (χ2n) is 27.1. The van der Waals surface area contributed by atoms with E-state index in [1.807, 2.05) is 6.08 Å². The van der Waals surface area contributed by atoms with E-state index in [0.29, 0.717) is 6.42 Å². The minimum atomic E-state index is -1.79. The van der Waals surface area contributed by atoms with Crippen LogP contribution in [0.4, 0.5) is 0 Å². The molecule has 9 N–H and O–H groups in total. The molecule has 0 aromatic carbocycles. The zero-order valence-corrected chi connectivity index (χ0v) is 59.7. The van der Waals surface area contributed by atoms with Crippen LogP contribution in [-0.2, 0) is 23.7 Å². The number of aliphatic hydroxyl groups is 8. The number of ether oxygens (including phenoxy) is 4. The predicted molar refractivity (Wildman–Crippen MR) is 387 cm³/mol. The van der Waals surface area contributed by atoms with Crippen molar-refractivity contribution in [2.24, 2.45) is 0 Å². The van der Waals surface area contributed by atoms with Gasteiger partial charge in [-0.3, -0.25) is 4.79 Å². The van der Waals surface area contributed by atoms with E-state index in [-0.39, 0.29) is 18.9 Å². The minimum absolute atomic E-state index is 0.243. The summed E-state index contributed by atoms with van der Waals surface area (Å²) < 4.78 is 22.9. The number of allylic oxidation sites excluding steroid dienone is 13. The Morgan fingerprint density at radius 2 is 0.734 bits per heavy atom. The van der Waals surface area contributed by atoms with Crippen LogP contribution < -0.4 is 5.32 Å². The number of carbonyl (C=O) groups excluding carboxylic acids is 1. The van der Waals surface area contributed by atoms with Crippen molar-refractivity contribution in [2.75, 3.05) is 19.8 Å². The number of hydrogen-bond donors (Lipinski definition) is 9. The van der Waals surface area contributed by atoms with Crippen LogP contribution in [0, 0.1) is 0 Å². The third kappa shape index (κ3) is 46.4. The van der Waals surface area contributed by atoms with E-state index in [4.69, 9.17) is 18.9 Å². The van der Waals surface area contributed by atoms with Crippen molar-refractivity contribution in [3.63, 3.8) is 0 Å². The Kier molecular flexibility index (Phi) is 59.0. The molecule has 1 amide bonds. The lowest BCUT2D eigenvalue weighted by Gasteiger charge is -2.46. The van der Waals surface area contributed by atoms with E-state index in [1.54, 1.807) is 6.08 Å². The van der Waals surface area contributed by atoms with Crippen molar-refractivity contribution in [3.8, 4) is 0 Å². The molecule has 12 unspecified atom stereocenters. The number of carbonyl (C=O) groups is 1. The molecule has 0 radical (unpaired) electrons. The van der Waals surface area contributed by atoms with Gasteiger partial charge >= 0.3 is 0 Å². The molecule has 94 heavy (non-hydrogen) atoms. The summed E-state index contributed by atoms with van der Waals surface area (Å²) in [6.07, 6.45) is 72.2. The number of hydrogen-bond acceptors (Lipinski definition) is 13. The molecule has 2 aliphatic heterocycles. The summed E-state index contributed by atoms with van der Waals surface area (Å²) in [6, 6.07) is -0.925. The van der Waals surface area contributed by atoms with Gasteiger partial charge in [0.15, 0.2) is 12.6 Å². The SMILES string of the molecule is CC/C=C\C/C=C\C/C=C\C/C=C\C/C=C\C/C=C\CCCCCCCCCCCCC(=O)NC(COC1OC(CO)C(OC2OC(CO)C(O)C(O)C2O)C(O)C1O)C(O)/C=C/CCCCCCCCCCCCCCCCCCCCCCCCCCCCCCC. The monoisotopic (exact) mass is 1330 g/mol. The number of rotatable bonds is 64. The maximum absolute atomic E-state index is 13.4. The van der Waals surface area contributed by atoms with Gasteiger partial charge in [-0.05, 0) is 70.6 Å². The van der Waals surface area contributed by atoms with Crippen LogP contribution in [0.2, 0.25) is 0 Å². The number of amides is 1. The van der Waals surface area contributed by atoms with Crippen molar-refractivity contribution >= 4 is 5.91 Å². The smallest absolute Gasteiger partial charge is 0.220 e. The van der Waals surface area contributed by atoms with Gasteiger partial charge in [0.2, 0.25) is 5.91 Å². The lowest BCUT2D eigenvalue weighted by atomic mass is 9.97. The zero-order chi connectivity index (χ0) is 68.0. The van der Waals surface area contributed by atoms with Crippen LogP contribution in [0.15, 0.2) is 85.1 Å².